The molecule has 0 spiro atoms. The van der Waals surface area contributed by atoms with E-state index in [-0.39, 0.29) is 5.46 Å². The van der Waals surface area contributed by atoms with Gasteiger partial charge in [-0.1, -0.05) is 17.6 Å². The fourth-order valence-corrected chi connectivity index (χ4v) is 0.894. The number of benzene rings is 1. The summed E-state index contributed by atoms with van der Waals surface area (Å²) in [5.41, 5.74) is -1.41. The number of hydrogen-bond donors (Lipinski definition) is 0. The lowest BCUT2D eigenvalue weighted by atomic mass is 9.92. The monoisotopic (exact) mass is 181 g/mol. The molecular formula is C8H3BF3N. The largest absolute Gasteiger partial charge is 0.417 e. The zero-order chi connectivity index (χ0) is 10.1. The van der Waals surface area contributed by atoms with Gasteiger partial charge in [-0.15, -0.1) is 0 Å². The smallest absolute Gasteiger partial charge is 0.192 e. The number of alkyl halides is 3. The Balaban J connectivity index is 3.35. The normalized spacial score (nSPS) is 10.9. The van der Waals surface area contributed by atoms with Crippen molar-refractivity contribution in [2.45, 2.75) is 6.18 Å². The molecule has 0 saturated carbocycles. The van der Waals surface area contributed by atoms with Crippen molar-refractivity contribution in [1.82, 2.24) is 0 Å². The van der Waals surface area contributed by atoms with Crippen molar-refractivity contribution < 1.29 is 13.2 Å². The second-order valence-corrected chi connectivity index (χ2v) is 2.41. The third-order valence-electron chi connectivity index (χ3n) is 1.47. The van der Waals surface area contributed by atoms with Gasteiger partial charge in [-0.3, -0.25) is 0 Å². The Morgan fingerprint density at radius 1 is 1.31 bits per heavy atom. The lowest BCUT2D eigenvalue weighted by Crippen LogP contribution is -2.13. The van der Waals surface area contributed by atoms with Crippen LogP contribution in [-0.4, -0.2) is 7.85 Å². The van der Waals surface area contributed by atoms with Gasteiger partial charge < -0.3 is 0 Å². The highest BCUT2D eigenvalue weighted by Crippen LogP contribution is 2.30. The summed E-state index contributed by atoms with van der Waals surface area (Å²) >= 11 is 0. The molecule has 0 bridgehead atoms. The SMILES string of the molecule is [B]c1ccc(C#N)c(C(F)(F)F)c1. The second kappa shape index (κ2) is 3.13. The fraction of sp³-hybridized carbons (Fsp3) is 0.125. The van der Waals surface area contributed by atoms with Crippen LogP contribution < -0.4 is 5.46 Å². The Labute approximate surface area is 74.2 Å². The van der Waals surface area contributed by atoms with Gasteiger partial charge in [0, 0.05) is 0 Å². The van der Waals surface area contributed by atoms with Crippen LogP contribution in [0.3, 0.4) is 0 Å². The zero-order valence-electron chi connectivity index (χ0n) is 6.39. The first-order valence-corrected chi connectivity index (χ1v) is 3.32. The summed E-state index contributed by atoms with van der Waals surface area (Å²) < 4.78 is 36.6. The molecule has 0 N–H and O–H groups in total. The molecule has 2 radical (unpaired) electrons. The molecule has 5 heteroatoms. The van der Waals surface area contributed by atoms with E-state index >= 15 is 0 Å². The Kier molecular flexibility index (Phi) is 2.33. The van der Waals surface area contributed by atoms with E-state index in [1.54, 1.807) is 0 Å². The van der Waals surface area contributed by atoms with Crippen LogP contribution >= 0.6 is 0 Å². The van der Waals surface area contributed by atoms with E-state index in [2.05, 4.69) is 0 Å². The highest BCUT2D eigenvalue weighted by molar-refractivity contribution is 6.32. The minimum absolute atomic E-state index is 0.00803. The minimum Gasteiger partial charge on any atom is -0.192 e. The second-order valence-electron chi connectivity index (χ2n) is 2.41. The molecule has 1 rings (SSSR count). The van der Waals surface area contributed by atoms with Gasteiger partial charge in [0.1, 0.15) is 7.85 Å². The van der Waals surface area contributed by atoms with Crippen molar-refractivity contribution >= 4 is 13.3 Å². The molecule has 0 aliphatic carbocycles. The number of hydrogen-bond acceptors (Lipinski definition) is 1. The fourth-order valence-electron chi connectivity index (χ4n) is 0.894. The minimum atomic E-state index is -4.53. The van der Waals surface area contributed by atoms with E-state index in [9.17, 15) is 13.2 Å². The Morgan fingerprint density at radius 2 is 1.92 bits per heavy atom. The van der Waals surface area contributed by atoms with Crippen molar-refractivity contribution in [3.63, 3.8) is 0 Å². The number of nitrogens with zero attached hydrogens (tertiary/aromatic N) is 1. The molecule has 1 nitrogen and oxygen atoms in total. The van der Waals surface area contributed by atoms with Gasteiger partial charge >= 0.3 is 6.18 Å². The summed E-state index contributed by atoms with van der Waals surface area (Å²) in [6, 6.07) is 4.51. The van der Waals surface area contributed by atoms with Gasteiger partial charge in [0.15, 0.2) is 0 Å². The van der Waals surface area contributed by atoms with Crippen LogP contribution in [0.4, 0.5) is 13.2 Å². The van der Waals surface area contributed by atoms with Crippen molar-refractivity contribution in [3.8, 4) is 6.07 Å². The zero-order valence-corrected chi connectivity index (χ0v) is 6.39. The highest BCUT2D eigenvalue weighted by Gasteiger charge is 2.33. The molecule has 0 heterocycles. The van der Waals surface area contributed by atoms with Crippen molar-refractivity contribution in [2.75, 3.05) is 0 Å². The summed E-state index contributed by atoms with van der Waals surface area (Å²) in [4.78, 5) is 0. The first kappa shape index (κ1) is 9.65. The molecule has 13 heavy (non-hydrogen) atoms. The van der Waals surface area contributed by atoms with Crippen molar-refractivity contribution in [3.05, 3.63) is 29.3 Å². The predicted molar refractivity (Wildman–Crippen MR) is 41.5 cm³/mol. The van der Waals surface area contributed by atoms with Crippen molar-refractivity contribution in [1.29, 1.82) is 5.26 Å². The Morgan fingerprint density at radius 3 is 2.38 bits per heavy atom. The molecule has 0 unspecified atom stereocenters. The maximum atomic E-state index is 12.2. The van der Waals surface area contributed by atoms with Crippen molar-refractivity contribution in [2.24, 2.45) is 0 Å². The number of nitriles is 1. The molecule has 1 aromatic carbocycles. The van der Waals surface area contributed by atoms with Gasteiger partial charge in [0.25, 0.3) is 0 Å². The van der Waals surface area contributed by atoms with Crippen LogP contribution in [0.2, 0.25) is 0 Å². The predicted octanol–water partition coefficient (Wildman–Crippen LogP) is 1.37. The Hall–Kier alpha value is -1.44. The Bertz CT molecular complexity index is 365. The topological polar surface area (TPSA) is 23.8 Å². The van der Waals surface area contributed by atoms with Crippen LogP contribution in [0.25, 0.3) is 0 Å². The van der Waals surface area contributed by atoms with Gasteiger partial charge in [0.05, 0.1) is 17.2 Å². The quantitative estimate of drug-likeness (QED) is 0.554. The first-order valence-electron chi connectivity index (χ1n) is 3.32. The maximum absolute atomic E-state index is 12.2. The molecule has 64 valence electrons. The molecule has 0 amide bonds. The van der Waals surface area contributed by atoms with E-state index in [1.807, 2.05) is 0 Å². The molecule has 0 saturated heterocycles. The van der Waals surface area contributed by atoms with E-state index in [1.165, 1.54) is 12.1 Å². The molecular weight excluding hydrogens is 178 g/mol. The van der Waals surface area contributed by atoms with Crippen LogP contribution in [0.15, 0.2) is 18.2 Å². The van der Waals surface area contributed by atoms with Crippen LogP contribution in [0, 0.1) is 11.3 Å². The highest BCUT2D eigenvalue weighted by atomic mass is 19.4. The molecule has 0 atom stereocenters. The molecule has 0 fully saturated rings. The molecule has 0 aliphatic rings. The number of rotatable bonds is 0. The summed E-state index contributed by atoms with van der Waals surface area (Å²) in [7, 11) is 5.17. The van der Waals surface area contributed by atoms with E-state index in [4.69, 9.17) is 13.1 Å². The third kappa shape index (κ3) is 2.02. The van der Waals surface area contributed by atoms with Crippen LogP contribution in [-0.2, 0) is 6.18 Å². The number of halogens is 3. The van der Waals surface area contributed by atoms with Crippen LogP contribution in [0.5, 0.6) is 0 Å². The van der Waals surface area contributed by atoms with E-state index in [0.29, 0.717) is 0 Å². The third-order valence-corrected chi connectivity index (χ3v) is 1.47. The standard InChI is InChI=1S/C8H3BF3N/c9-6-2-1-5(4-13)7(3-6)8(10,11)12/h1-3H. The van der Waals surface area contributed by atoms with E-state index in [0.717, 1.165) is 12.1 Å². The summed E-state index contributed by atoms with van der Waals surface area (Å²) in [6.07, 6.45) is -4.53. The molecule has 1 aromatic rings. The van der Waals surface area contributed by atoms with Gasteiger partial charge in [-0.05, 0) is 6.07 Å². The van der Waals surface area contributed by atoms with Gasteiger partial charge in [0.2, 0.25) is 0 Å². The van der Waals surface area contributed by atoms with Gasteiger partial charge in [-0.2, -0.15) is 18.4 Å². The lowest BCUT2D eigenvalue weighted by Gasteiger charge is -2.08. The maximum Gasteiger partial charge on any atom is 0.417 e. The molecule has 0 aliphatic heterocycles. The summed E-state index contributed by atoms with van der Waals surface area (Å²) in [5, 5.41) is 8.38. The average molecular weight is 181 g/mol. The summed E-state index contributed by atoms with van der Waals surface area (Å²) in [5.74, 6) is 0. The first-order chi connectivity index (χ1) is 5.95. The van der Waals surface area contributed by atoms with Crippen LogP contribution in [0.1, 0.15) is 11.1 Å². The van der Waals surface area contributed by atoms with Gasteiger partial charge in [-0.25, -0.2) is 0 Å². The lowest BCUT2D eigenvalue weighted by molar-refractivity contribution is -0.137. The van der Waals surface area contributed by atoms with E-state index < -0.39 is 17.3 Å². The molecule has 0 aromatic heterocycles. The summed E-state index contributed by atoms with van der Waals surface area (Å²) in [6.45, 7) is 0. The average Bonchev–Trinajstić information content (AvgIpc) is 2.03.